The van der Waals surface area contributed by atoms with Crippen molar-refractivity contribution in [2.24, 2.45) is 0 Å². The highest BCUT2D eigenvalue weighted by atomic mass is 15.2. The van der Waals surface area contributed by atoms with Crippen molar-refractivity contribution in [3.05, 3.63) is 65.7 Å². The van der Waals surface area contributed by atoms with Crippen molar-refractivity contribution in [1.82, 2.24) is 0 Å². The molecule has 0 bridgehead atoms. The number of hydrogen-bond acceptors (Lipinski definition) is 1. The average molecular weight is 295 g/mol. The lowest BCUT2D eigenvalue weighted by Crippen LogP contribution is -2.39. The summed E-state index contributed by atoms with van der Waals surface area (Å²) in [6.07, 6.45) is 3.36. The van der Waals surface area contributed by atoms with Crippen molar-refractivity contribution in [1.29, 1.82) is 0 Å². The van der Waals surface area contributed by atoms with Crippen LogP contribution >= 0.6 is 0 Å². The fourth-order valence-corrected chi connectivity index (χ4v) is 2.95. The molecule has 0 amide bonds. The summed E-state index contributed by atoms with van der Waals surface area (Å²) in [6.45, 7) is 9.18. The lowest BCUT2D eigenvalue weighted by molar-refractivity contribution is 0.527. The Morgan fingerprint density at radius 3 is 1.73 bits per heavy atom. The summed E-state index contributed by atoms with van der Waals surface area (Å²) in [5.74, 6) is 0. The third-order valence-corrected chi connectivity index (χ3v) is 4.62. The molecule has 0 radical (unpaired) electrons. The van der Waals surface area contributed by atoms with Crippen molar-refractivity contribution in [3.63, 3.8) is 0 Å². The summed E-state index contributed by atoms with van der Waals surface area (Å²) in [4.78, 5) is 2.56. The first-order valence-corrected chi connectivity index (χ1v) is 8.56. The van der Waals surface area contributed by atoms with Crippen molar-refractivity contribution in [2.75, 3.05) is 4.90 Å². The fourth-order valence-electron chi connectivity index (χ4n) is 2.95. The van der Waals surface area contributed by atoms with E-state index < -0.39 is 0 Å². The van der Waals surface area contributed by atoms with Crippen LogP contribution in [0.4, 0.5) is 5.69 Å². The number of hydrogen-bond donors (Lipinski definition) is 0. The van der Waals surface area contributed by atoms with E-state index in [1.165, 1.54) is 29.7 Å². The van der Waals surface area contributed by atoms with Gasteiger partial charge in [0.15, 0.2) is 0 Å². The Hall–Kier alpha value is -1.76. The zero-order valence-electron chi connectivity index (χ0n) is 14.4. The molecule has 2 atom stereocenters. The summed E-state index contributed by atoms with van der Waals surface area (Å²) in [6, 6.07) is 21.0. The molecule has 118 valence electrons. The first kappa shape index (κ1) is 16.6. The number of benzene rings is 2. The van der Waals surface area contributed by atoms with Crippen LogP contribution in [0.15, 0.2) is 54.6 Å². The molecule has 0 saturated carbocycles. The molecule has 2 aromatic carbocycles. The van der Waals surface area contributed by atoms with Crippen LogP contribution in [0.5, 0.6) is 0 Å². The minimum atomic E-state index is 0.579. The molecule has 0 aliphatic carbocycles. The van der Waals surface area contributed by atoms with Crippen LogP contribution in [0, 0.1) is 0 Å². The van der Waals surface area contributed by atoms with Gasteiger partial charge in [-0.3, -0.25) is 0 Å². The van der Waals surface area contributed by atoms with Crippen LogP contribution in [-0.2, 0) is 6.42 Å². The Balaban J connectivity index is 2.15. The zero-order valence-corrected chi connectivity index (χ0v) is 14.4. The monoisotopic (exact) mass is 295 g/mol. The van der Waals surface area contributed by atoms with E-state index in [-0.39, 0.29) is 0 Å². The molecule has 1 nitrogen and oxygen atoms in total. The summed E-state index contributed by atoms with van der Waals surface area (Å²) < 4.78 is 0. The Morgan fingerprint density at radius 2 is 1.23 bits per heavy atom. The van der Waals surface area contributed by atoms with Crippen LogP contribution in [-0.4, -0.2) is 12.1 Å². The minimum absolute atomic E-state index is 0.579. The molecule has 0 spiro atoms. The van der Waals surface area contributed by atoms with E-state index in [9.17, 15) is 0 Å². The first-order valence-electron chi connectivity index (χ1n) is 8.56. The summed E-state index contributed by atoms with van der Waals surface area (Å²) in [5.41, 5.74) is 4.10. The molecule has 2 aromatic rings. The molecule has 0 aliphatic rings. The van der Waals surface area contributed by atoms with Gasteiger partial charge in [0.1, 0.15) is 0 Å². The van der Waals surface area contributed by atoms with Gasteiger partial charge in [-0.05, 0) is 56.4 Å². The third-order valence-electron chi connectivity index (χ3n) is 4.62. The Labute approximate surface area is 136 Å². The predicted octanol–water partition coefficient (Wildman–Crippen LogP) is 5.68. The molecular weight excluding hydrogens is 266 g/mol. The summed E-state index contributed by atoms with van der Waals surface area (Å²) in [5, 5.41) is 0. The summed E-state index contributed by atoms with van der Waals surface area (Å²) in [7, 11) is 0. The molecule has 0 fully saturated rings. The molecule has 0 N–H and O–H groups in total. The molecule has 2 rings (SSSR count). The highest BCUT2D eigenvalue weighted by Crippen LogP contribution is 2.24. The van der Waals surface area contributed by atoms with E-state index in [4.69, 9.17) is 0 Å². The van der Waals surface area contributed by atoms with Gasteiger partial charge in [-0.25, -0.2) is 0 Å². The van der Waals surface area contributed by atoms with Crippen molar-refractivity contribution in [2.45, 2.75) is 59.0 Å². The standard InChI is InChI=1S/C21H29N/c1-5-17(3)22(18(4)6-2)21-14-12-20(13-15-21)16-19-10-8-7-9-11-19/h7-15,17-18H,5-6,16H2,1-4H3. The van der Waals surface area contributed by atoms with E-state index in [0.717, 1.165) is 6.42 Å². The highest BCUT2D eigenvalue weighted by Gasteiger charge is 2.18. The maximum atomic E-state index is 2.56. The molecular formula is C21H29N. The maximum absolute atomic E-state index is 2.56. The van der Waals surface area contributed by atoms with Crippen LogP contribution in [0.25, 0.3) is 0 Å². The Kier molecular flexibility index (Phi) is 6.06. The van der Waals surface area contributed by atoms with E-state index in [1.54, 1.807) is 0 Å². The molecule has 22 heavy (non-hydrogen) atoms. The second-order valence-electron chi connectivity index (χ2n) is 6.25. The van der Waals surface area contributed by atoms with E-state index in [0.29, 0.717) is 12.1 Å². The van der Waals surface area contributed by atoms with Crippen molar-refractivity contribution in [3.8, 4) is 0 Å². The molecule has 0 saturated heterocycles. The van der Waals surface area contributed by atoms with Crippen LogP contribution in [0.3, 0.4) is 0 Å². The van der Waals surface area contributed by atoms with Crippen LogP contribution < -0.4 is 4.90 Å². The second kappa shape index (κ2) is 8.03. The van der Waals surface area contributed by atoms with E-state index in [1.807, 2.05) is 0 Å². The third kappa shape index (κ3) is 4.13. The Morgan fingerprint density at radius 1 is 0.727 bits per heavy atom. The molecule has 0 heterocycles. The largest absolute Gasteiger partial charge is 0.366 e. The van der Waals surface area contributed by atoms with Gasteiger partial charge in [0.2, 0.25) is 0 Å². The van der Waals surface area contributed by atoms with Gasteiger partial charge in [-0.2, -0.15) is 0 Å². The normalized spacial score (nSPS) is 13.6. The molecule has 1 heteroatoms. The lowest BCUT2D eigenvalue weighted by Gasteiger charge is -2.36. The van der Waals surface area contributed by atoms with E-state index >= 15 is 0 Å². The van der Waals surface area contributed by atoms with Gasteiger partial charge in [0, 0.05) is 17.8 Å². The molecule has 0 aliphatic heterocycles. The number of nitrogens with zero attached hydrogens (tertiary/aromatic N) is 1. The Bertz CT molecular complexity index is 534. The fraction of sp³-hybridized carbons (Fsp3) is 0.429. The zero-order chi connectivity index (χ0) is 15.9. The van der Waals surface area contributed by atoms with Crippen molar-refractivity contribution < 1.29 is 0 Å². The van der Waals surface area contributed by atoms with Gasteiger partial charge < -0.3 is 4.90 Å². The predicted molar refractivity (Wildman–Crippen MR) is 97.7 cm³/mol. The minimum Gasteiger partial charge on any atom is -0.366 e. The SMILES string of the molecule is CCC(C)N(c1ccc(Cc2ccccc2)cc1)C(C)CC. The lowest BCUT2D eigenvalue weighted by atomic mass is 10.0. The summed E-state index contributed by atoms with van der Waals surface area (Å²) >= 11 is 0. The molecule has 0 aromatic heterocycles. The average Bonchev–Trinajstić information content (AvgIpc) is 2.57. The van der Waals surface area contributed by atoms with Gasteiger partial charge in [-0.1, -0.05) is 56.3 Å². The highest BCUT2D eigenvalue weighted by molar-refractivity contribution is 5.50. The second-order valence-corrected chi connectivity index (χ2v) is 6.25. The molecule has 2 unspecified atom stereocenters. The van der Waals surface area contributed by atoms with Gasteiger partial charge in [0.05, 0.1) is 0 Å². The smallest absolute Gasteiger partial charge is 0.0371 e. The van der Waals surface area contributed by atoms with Crippen LogP contribution in [0.1, 0.15) is 51.7 Å². The first-order chi connectivity index (χ1) is 10.7. The van der Waals surface area contributed by atoms with Gasteiger partial charge >= 0.3 is 0 Å². The van der Waals surface area contributed by atoms with Crippen molar-refractivity contribution >= 4 is 5.69 Å². The maximum Gasteiger partial charge on any atom is 0.0371 e. The van der Waals surface area contributed by atoms with Gasteiger partial charge in [0.25, 0.3) is 0 Å². The van der Waals surface area contributed by atoms with Gasteiger partial charge in [-0.15, -0.1) is 0 Å². The number of rotatable bonds is 7. The van der Waals surface area contributed by atoms with Crippen LogP contribution in [0.2, 0.25) is 0 Å². The van der Waals surface area contributed by atoms with E-state index in [2.05, 4.69) is 87.2 Å². The topological polar surface area (TPSA) is 3.24 Å². The quantitative estimate of drug-likeness (QED) is 0.635. The number of anilines is 1.